The van der Waals surface area contributed by atoms with E-state index in [2.05, 4.69) is 11.6 Å². The first-order valence-electron chi connectivity index (χ1n) is 9.25. The second-order valence-corrected chi connectivity index (χ2v) is 7.44. The summed E-state index contributed by atoms with van der Waals surface area (Å²) in [6, 6.07) is 12.9. The highest BCUT2D eigenvalue weighted by Gasteiger charge is 2.13. The molecule has 0 bridgehead atoms. The van der Waals surface area contributed by atoms with Gasteiger partial charge in [-0.25, -0.2) is 0 Å². The molecule has 3 rings (SSSR count). The number of para-hydroxylation sites is 1. The van der Waals surface area contributed by atoms with Crippen molar-refractivity contribution in [1.82, 2.24) is 4.57 Å². The van der Waals surface area contributed by atoms with Gasteiger partial charge in [0.25, 0.3) is 5.91 Å². The van der Waals surface area contributed by atoms with E-state index >= 15 is 0 Å². The van der Waals surface area contributed by atoms with Crippen LogP contribution in [0.4, 0.5) is 0 Å². The minimum atomic E-state index is -0.293. The van der Waals surface area contributed by atoms with Gasteiger partial charge in [-0.3, -0.25) is 4.79 Å². The molecule has 0 atom stereocenters. The lowest BCUT2D eigenvalue weighted by Crippen LogP contribution is -2.16. The van der Waals surface area contributed by atoms with Crippen LogP contribution in [-0.2, 0) is 6.54 Å². The first-order valence-corrected chi connectivity index (χ1v) is 10.1. The van der Waals surface area contributed by atoms with Gasteiger partial charge in [-0.15, -0.1) is 6.58 Å². The number of thiazole rings is 1. The number of amides is 1. The number of carbonyl (C=O) groups excluding carboxylic acids is 1. The molecule has 0 aliphatic carbocycles. The van der Waals surface area contributed by atoms with E-state index in [0.717, 1.165) is 21.7 Å². The van der Waals surface area contributed by atoms with Crippen molar-refractivity contribution in [2.45, 2.75) is 33.4 Å². The van der Waals surface area contributed by atoms with Gasteiger partial charge in [0, 0.05) is 12.1 Å². The third-order valence-electron chi connectivity index (χ3n) is 3.95. The number of benzene rings is 2. The lowest BCUT2D eigenvalue weighted by atomic mass is 10.2. The summed E-state index contributed by atoms with van der Waals surface area (Å²) in [4.78, 5) is 17.7. The molecule has 5 nitrogen and oxygen atoms in total. The van der Waals surface area contributed by atoms with Gasteiger partial charge in [0.1, 0.15) is 17.0 Å². The number of hydrogen-bond donors (Lipinski definition) is 0. The summed E-state index contributed by atoms with van der Waals surface area (Å²) >= 11 is 1.46. The Labute approximate surface area is 168 Å². The molecule has 0 unspecified atom stereocenters. The van der Waals surface area contributed by atoms with Gasteiger partial charge in [0.15, 0.2) is 4.80 Å². The highest BCUT2D eigenvalue weighted by Crippen LogP contribution is 2.27. The molecule has 0 spiro atoms. The van der Waals surface area contributed by atoms with Crippen LogP contribution < -0.4 is 14.3 Å². The van der Waals surface area contributed by atoms with Crippen LogP contribution in [0.25, 0.3) is 10.2 Å². The number of allylic oxidation sites excluding steroid dienone is 1. The lowest BCUT2D eigenvalue weighted by Gasteiger charge is -2.09. The van der Waals surface area contributed by atoms with Gasteiger partial charge in [-0.05, 0) is 57.2 Å². The zero-order chi connectivity index (χ0) is 20.1. The number of carbonyl (C=O) groups is 1. The van der Waals surface area contributed by atoms with Crippen LogP contribution in [-0.4, -0.2) is 23.2 Å². The van der Waals surface area contributed by atoms with Crippen LogP contribution >= 0.6 is 11.3 Å². The minimum Gasteiger partial charge on any atom is -0.492 e. The van der Waals surface area contributed by atoms with Crippen molar-refractivity contribution in [3.63, 3.8) is 0 Å². The Morgan fingerprint density at radius 1 is 1.25 bits per heavy atom. The van der Waals surface area contributed by atoms with E-state index in [9.17, 15) is 4.79 Å². The fraction of sp³-hybridized carbons (Fsp3) is 0.273. The molecular weight excluding hydrogens is 372 g/mol. The van der Waals surface area contributed by atoms with Crippen molar-refractivity contribution in [3.05, 3.63) is 65.5 Å². The molecule has 28 heavy (non-hydrogen) atoms. The summed E-state index contributed by atoms with van der Waals surface area (Å²) in [7, 11) is 0. The number of fused-ring (bicyclic) bond motifs is 1. The van der Waals surface area contributed by atoms with Crippen molar-refractivity contribution in [2.75, 3.05) is 6.61 Å². The Kier molecular flexibility index (Phi) is 6.31. The van der Waals surface area contributed by atoms with Crippen molar-refractivity contribution >= 4 is 27.5 Å². The van der Waals surface area contributed by atoms with Crippen molar-refractivity contribution < 1.29 is 14.3 Å². The number of ether oxygens (including phenoxy) is 2. The van der Waals surface area contributed by atoms with Crippen LogP contribution in [0.1, 0.15) is 31.1 Å². The number of hydrogen-bond acceptors (Lipinski definition) is 4. The molecule has 0 saturated heterocycles. The topological polar surface area (TPSA) is 52.8 Å². The summed E-state index contributed by atoms with van der Waals surface area (Å²) in [6.07, 6.45) is 1.87. The molecule has 0 aliphatic rings. The van der Waals surface area contributed by atoms with Crippen LogP contribution in [0.2, 0.25) is 0 Å². The van der Waals surface area contributed by atoms with Crippen LogP contribution in [0, 0.1) is 0 Å². The summed E-state index contributed by atoms with van der Waals surface area (Å²) in [6.45, 7) is 10.8. The van der Waals surface area contributed by atoms with E-state index in [1.54, 1.807) is 30.3 Å². The highest BCUT2D eigenvalue weighted by atomic mass is 32.1. The van der Waals surface area contributed by atoms with Gasteiger partial charge in [-0.2, -0.15) is 4.99 Å². The van der Waals surface area contributed by atoms with Crippen LogP contribution in [0.15, 0.2) is 60.1 Å². The second kappa shape index (κ2) is 8.89. The first-order chi connectivity index (χ1) is 13.5. The molecule has 0 radical (unpaired) electrons. The number of nitrogens with zero attached hydrogens (tertiary/aromatic N) is 2. The molecule has 0 N–H and O–H groups in total. The summed E-state index contributed by atoms with van der Waals surface area (Å²) < 4.78 is 14.4. The fourth-order valence-electron chi connectivity index (χ4n) is 2.85. The zero-order valence-electron chi connectivity index (χ0n) is 16.3. The molecule has 1 heterocycles. The van der Waals surface area contributed by atoms with E-state index in [4.69, 9.17) is 9.47 Å². The Morgan fingerprint density at radius 2 is 2.00 bits per heavy atom. The van der Waals surface area contributed by atoms with E-state index < -0.39 is 0 Å². The van der Waals surface area contributed by atoms with E-state index in [0.29, 0.717) is 23.5 Å². The number of rotatable bonds is 7. The van der Waals surface area contributed by atoms with Crippen LogP contribution in [0.3, 0.4) is 0 Å². The van der Waals surface area contributed by atoms with Crippen molar-refractivity contribution in [1.29, 1.82) is 0 Å². The van der Waals surface area contributed by atoms with Gasteiger partial charge in [-0.1, -0.05) is 23.5 Å². The summed E-state index contributed by atoms with van der Waals surface area (Å²) in [5, 5.41) is 0. The van der Waals surface area contributed by atoms with E-state index in [-0.39, 0.29) is 12.0 Å². The summed E-state index contributed by atoms with van der Waals surface area (Å²) in [5.74, 6) is 1.22. The monoisotopic (exact) mass is 396 g/mol. The fourth-order valence-corrected chi connectivity index (χ4v) is 3.91. The Morgan fingerprint density at radius 3 is 2.64 bits per heavy atom. The van der Waals surface area contributed by atoms with Gasteiger partial charge < -0.3 is 14.0 Å². The third-order valence-corrected chi connectivity index (χ3v) is 4.99. The Hall–Kier alpha value is -2.86. The largest absolute Gasteiger partial charge is 0.492 e. The predicted octanol–water partition coefficient (Wildman–Crippen LogP) is 4.82. The van der Waals surface area contributed by atoms with Gasteiger partial charge >= 0.3 is 0 Å². The maximum Gasteiger partial charge on any atom is 0.279 e. The Balaban J connectivity index is 2.03. The smallest absolute Gasteiger partial charge is 0.279 e. The molecule has 1 aromatic heterocycles. The standard InChI is InChI=1S/C22H24N2O3S/c1-5-14-24-20-18(26-6-2)8-7-9-19(20)28-22(24)23-21(25)16-10-12-17(13-11-16)27-15(3)4/h5,7-13,15H,1,6,14H2,2-4H3. The first kappa shape index (κ1) is 19.9. The molecule has 0 fully saturated rings. The molecular formula is C22H24N2O3S. The molecule has 0 aliphatic heterocycles. The number of aromatic nitrogens is 1. The Bertz CT molecular complexity index is 1050. The highest BCUT2D eigenvalue weighted by molar-refractivity contribution is 7.16. The van der Waals surface area contributed by atoms with Gasteiger partial charge in [0.2, 0.25) is 0 Å². The third kappa shape index (κ3) is 4.34. The molecule has 3 aromatic rings. The lowest BCUT2D eigenvalue weighted by molar-refractivity contribution is 0.0998. The second-order valence-electron chi connectivity index (χ2n) is 6.43. The molecule has 1 amide bonds. The molecule has 2 aromatic carbocycles. The quantitative estimate of drug-likeness (QED) is 0.538. The summed E-state index contributed by atoms with van der Waals surface area (Å²) in [5.41, 5.74) is 1.45. The predicted molar refractivity (Wildman–Crippen MR) is 113 cm³/mol. The maximum atomic E-state index is 12.7. The SMILES string of the molecule is C=CCn1c(=NC(=O)c2ccc(OC(C)C)cc2)sc2cccc(OCC)c21. The average Bonchev–Trinajstić information content (AvgIpc) is 3.00. The minimum absolute atomic E-state index is 0.0854. The van der Waals surface area contributed by atoms with Crippen molar-refractivity contribution in [3.8, 4) is 11.5 Å². The molecule has 146 valence electrons. The van der Waals surface area contributed by atoms with E-state index in [1.807, 2.05) is 43.5 Å². The van der Waals surface area contributed by atoms with Crippen molar-refractivity contribution in [2.24, 2.45) is 4.99 Å². The molecule has 0 saturated carbocycles. The average molecular weight is 397 g/mol. The molecule has 6 heteroatoms. The maximum absolute atomic E-state index is 12.7. The normalized spacial score (nSPS) is 11.8. The zero-order valence-corrected chi connectivity index (χ0v) is 17.2. The van der Waals surface area contributed by atoms with Gasteiger partial charge in [0.05, 0.1) is 17.4 Å². The van der Waals surface area contributed by atoms with Crippen LogP contribution in [0.5, 0.6) is 11.5 Å². The van der Waals surface area contributed by atoms with E-state index in [1.165, 1.54) is 11.3 Å².